The fraction of sp³-hybridized carbons (Fsp3) is 0.250. The average molecular weight is 200 g/mol. The SMILES string of the molecule is C1=CSCC=[NH+]1.[O-][Cl+3]([O-])([O-])[O-]. The Morgan fingerprint density at radius 2 is 1.82 bits per heavy atom. The molecule has 0 amide bonds. The van der Waals surface area contributed by atoms with E-state index in [1.807, 2.05) is 17.8 Å². The zero-order valence-corrected chi connectivity index (χ0v) is 6.93. The van der Waals surface area contributed by atoms with Gasteiger partial charge in [-0.2, -0.15) is 0 Å². The van der Waals surface area contributed by atoms with E-state index >= 15 is 0 Å². The van der Waals surface area contributed by atoms with Crippen molar-refractivity contribution >= 4 is 18.0 Å². The molecule has 0 aromatic heterocycles. The lowest BCUT2D eigenvalue weighted by atomic mass is 10.8. The van der Waals surface area contributed by atoms with Crippen LogP contribution in [0.4, 0.5) is 0 Å². The van der Waals surface area contributed by atoms with Crippen LogP contribution in [0.2, 0.25) is 0 Å². The van der Waals surface area contributed by atoms with Gasteiger partial charge in [-0.3, -0.25) is 0 Å². The van der Waals surface area contributed by atoms with E-state index in [0.29, 0.717) is 0 Å². The molecule has 0 unspecified atom stereocenters. The molecule has 64 valence electrons. The van der Waals surface area contributed by atoms with E-state index in [-0.39, 0.29) is 0 Å². The lowest BCUT2D eigenvalue weighted by molar-refractivity contribution is -2.00. The number of hydrogen-bond donors (Lipinski definition) is 1. The Bertz CT molecular complexity index is 137. The fourth-order valence-corrected chi connectivity index (χ4v) is 0.786. The maximum Gasteiger partial charge on any atom is 0.173 e. The molecule has 0 radical (unpaired) electrons. The largest absolute Gasteiger partial charge is 0.222 e. The first-order valence-corrected chi connectivity index (χ1v) is 4.74. The summed E-state index contributed by atoms with van der Waals surface area (Å²) < 4.78 is 34.0. The van der Waals surface area contributed by atoms with Gasteiger partial charge in [0, 0.05) is 5.41 Å². The summed E-state index contributed by atoms with van der Waals surface area (Å²) in [7, 11) is -4.94. The predicted molar refractivity (Wildman–Crippen MR) is 28.6 cm³/mol. The first-order valence-electron chi connectivity index (χ1n) is 2.46. The minimum Gasteiger partial charge on any atom is -0.222 e. The van der Waals surface area contributed by atoms with Gasteiger partial charge in [0.15, 0.2) is 12.4 Å². The van der Waals surface area contributed by atoms with Crippen LogP contribution >= 0.6 is 11.8 Å². The Kier molecular flexibility index (Phi) is 5.47. The van der Waals surface area contributed by atoms with E-state index in [9.17, 15) is 0 Å². The van der Waals surface area contributed by atoms with Crippen molar-refractivity contribution in [1.82, 2.24) is 0 Å². The summed E-state index contributed by atoms with van der Waals surface area (Å²) in [4.78, 5) is 2.96. The van der Waals surface area contributed by atoms with E-state index in [1.54, 1.807) is 11.8 Å². The van der Waals surface area contributed by atoms with Crippen molar-refractivity contribution in [3.8, 4) is 0 Å². The molecule has 5 nitrogen and oxygen atoms in total. The Hall–Kier alpha value is -0.110. The number of halogens is 1. The van der Waals surface area contributed by atoms with Crippen LogP contribution in [0, 0.1) is 10.2 Å². The molecular weight excluding hydrogens is 194 g/mol. The van der Waals surface area contributed by atoms with Crippen LogP contribution < -0.4 is 23.6 Å². The summed E-state index contributed by atoms with van der Waals surface area (Å²) in [5.74, 6) is 1.09. The summed E-state index contributed by atoms with van der Waals surface area (Å²) >= 11 is 1.80. The van der Waals surface area contributed by atoms with Crippen molar-refractivity contribution in [2.75, 3.05) is 5.75 Å². The van der Waals surface area contributed by atoms with E-state index < -0.39 is 10.2 Å². The molecule has 7 heteroatoms. The van der Waals surface area contributed by atoms with E-state index in [0.717, 1.165) is 5.75 Å². The van der Waals surface area contributed by atoms with Crippen LogP contribution in [0.1, 0.15) is 0 Å². The zero-order chi connectivity index (χ0) is 8.74. The van der Waals surface area contributed by atoms with E-state index in [2.05, 4.69) is 4.99 Å². The van der Waals surface area contributed by atoms with Crippen molar-refractivity contribution in [1.29, 1.82) is 0 Å². The molecule has 0 fully saturated rings. The highest BCUT2D eigenvalue weighted by Gasteiger charge is 1.85. The van der Waals surface area contributed by atoms with Crippen molar-refractivity contribution in [3.63, 3.8) is 0 Å². The maximum absolute atomic E-state index is 8.49. The van der Waals surface area contributed by atoms with Crippen molar-refractivity contribution in [2.45, 2.75) is 0 Å². The van der Waals surface area contributed by atoms with Crippen molar-refractivity contribution in [3.05, 3.63) is 11.6 Å². The molecule has 0 aromatic rings. The summed E-state index contributed by atoms with van der Waals surface area (Å²) in [5, 5.41) is 2.04. The molecule has 0 atom stereocenters. The van der Waals surface area contributed by atoms with Gasteiger partial charge in [-0.1, -0.05) is 0 Å². The first-order chi connectivity index (χ1) is 5.00. The predicted octanol–water partition coefficient (Wildman–Crippen LogP) is -5.40. The van der Waals surface area contributed by atoms with Crippen LogP contribution in [0.15, 0.2) is 11.6 Å². The Labute approximate surface area is 69.8 Å². The summed E-state index contributed by atoms with van der Waals surface area (Å²) in [6.07, 6.45) is 3.94. The topological polar surface area (TPSA) is 106 Å². The molecule has 0 spiro atoms. The molecule has 11 heavy (non-hydrogen) atoms. The minimum absolute atomic E-state index is 1.09. The Morgan fingerprint density at radius 3 is 1.91 bits per heavy atom. The molecule has 0 aromatic carbocycles. The summed E-state index contributed by atoms with van der Waals surface area (Å²) in [6.45, 7) is 0. The summed E-state index contributed by atoms with van der Waals surface area (Å²) in [5.41, 5.74) is 0. The molecule has 0 aliphatic carbocycles. The third-order valence-corrected chi connectivity index (χ3v) is 1.25. The van der Waals surface area contributed by atoms with Crippen molar-refractivity contribution < 1.29 is 33.9 Å². The zero-order valence-electron chi connectivity index (χ0n) is 5.36. The van der Waals surface area contributed by atoms with E-state index in [4.69, 9.17) is 18.6 Å². The molecule has 1 N–H and O–H groups in total. The molecule has 1 aliphatic rings. The van der Waals surface area contributed by atoms with E-state index in [1.165, 1.54) is 0 Å². The van der Waals surface area contributed by atoms with Gasteiger partial charge in [0.05, 0.1) is 5.75 Å². The third-order valence-electron chi connectivity index (χ3n) is 0.558. The molecule has 1 aliphatic heterocycles. The van der Waals surface area contributed by atoms with Gasteiger partial charge in [-0.15, -0.1) is 22.0 Å². The number of nitrogens with one attached hydrogen (secondary N) is 1. The minimum atomic E-state index is -4.94. The second-order valence-corrected chi connectivity index (χ2v) is 3.08. The van der Waals surface area contributed by atoms with Crippen LogP contribution in [-0.4, -0.2) is 12.0 Å². The molecular formula is C4H6ClNO4S. The monoisotopic (exact) mass is 199 g/mol. The van der Waals surface area contributed by atoms with Gasteiger partial charge < -0.3 is 0 Å². The third kappa shape index (κ3) is 17.7. The molecule has 1 rings (SSSR count). The second kappa shape index (κ2) is 5.53. The highest BCUT2D eigenvalue weighted by molar-refractivity contribution is 8.02. The lowest BCUT2D eigenvalue weighted by Gasteiger charge is -2.17. The normalized spacial score (nSPS) is 15.6. The van der Waals surface area contributed by atoms with Crippen LogP contribution in [0.5, 0.6) is 0 Å². The number of rotatable bonds is 0. The Morgan fingerprint density at radius 1 is 1.27 bits per heavy atom. The van der Waals surface area contributed by atoms with Gasteiger partial charge in [0.2, 0.25) is 0 Å². The van der Waals surface area contributed by atoms with Gasteiger partial charge in [0.25, 0.3) is 0 Å². The van der Waals surface area contributed by atoms with Gasteiger partial charge >= 0.3 is 0 Å². The average Bonchev–Trinajstić information content (AvgIpc) is 1.88. The first kappa shape index (κ1) is 10.9. The quantitative estimate of drug-likeness (QED) is 0.419. The lowest BCUT2D eigenvalue weighted by Crippen LogP contribution is -2.68. The molecule has 1 heterocycles. The molecule has 0 bridgehead atoms. The number of thioether (sulfide) groups is 1. The Balaban J connectivity index is 0.000000187. The summed E-state index contributed by atoms with van der Waals surface area (Å²) in [6, 6.07) is 0. The fourth-order valence-electron chi connectivity index (χ4n) is 0.307. The highest BCUT2D eigenvalue weighted by atomic mass is 35.7. The maximum atomic E-state index is 8.49. The molecule has 0 saturated heterocycles. The van der Waals surface area contributed by atoms with Gasteiger partial charge in [0.1, 0.15) is 0 Å². The molecule has 0 saturated carbocycles. The van der Waals surface area contributed by atoms with Crippen molar-refractivity contribution in [2.24, 2.45) is 0 Å². The van der Waals surface area contributed by atoms with Crippen LogP contribution in [0.25, 0.3) is 0 Å². The van der Waals surface area contributed by atoms with Crippen LogP contribution in [-0.2, 0) is 0 Å². The highest BCUT2D eigenvalue weighted by Crippen LogP contribution is 1.96. The standard InChI is InChI=1S/C4H5NS.ClHO4/c1-3-6-4-2-5-1;2-1(3,4)5/h1-3H,4H2;(H,2,3,4,5). The van der Waals surface area contributed by atoms with Gasteiger partial charge in [-0.25, -0.2) is 23.6 Å². The second-order valence-electron chi connectivity index (χ2n) is 1.38. The number of hydrogen-bond acceptors (Lipinski definition) is 5. The van der Waals surface area contributed by atoms with Crippen LogP contribution in [0.3, 0.4) is 0 Å². The van der Waals surface area contributed by atoms with Gasteiger partial charge in [-0.05, 0) is 0 Å². The smallest absolute Gasteiger partial charge is 0.173 e.